The standard InChI is InChI=1S/C13H29N3O2S/c1-4-13(5-2,10-14)11-15-19(17,18)16-9-7-6-8-12(16)3/h12,15H,4-11,14H2,1-3H3. The number of hydrogen-bond acceptors (Lipinski definition) is 3. The van der Waals surface area contributed by atoms with E-state index in [1.54, 1.807) is 4.31 Å². The van der Waals surface area contributed by atoms with Crippen molar-refractivity contribution >= 4 is 10.2 Å². The highest BCUT2D eigenvalue weighted by Crippen LogP contribution is 2.25. The number of piperidine rings is 1. The minimum Gasteiger partial charge on any atom is -0.330 e. The van der Waals surface area contributed by atoms with Crippen LogP contribution in [0.25, 0.3) is 0 Å². The fourth-order valence-electron chi connectivity index (χ4n) is 2.62. The fraction of sp³-hybridized carbons (Fsp3) is 1.00. The highest BCUT2D eigenvalue weighted by molar-refractivity contribution is 7.87. The average Bonchev–Trinajstić information content (AvgIpc) is 2.41. The summed E-state index contributed by atoms with van der Waals surface area (Å²) in [5.41, 5.74) is 5.70. The lowest BCUT2D eigenvalue weighted by atomic mass is 9.83. The fourth-order valence-corrected chi connectivity index (χ4v) is 4.22. The van der Waals surface area contributed by atoms with Crippen LogP contribution in [0.15, 0.2) is 0 Å². The number of hydrogen-bond donors (Lipinski definition) is 2. The molecule has 0 amide bonds. The summed E-state index contributed by atoms with van der Waals surface area (Å²) in [5.74, 6) is 0. The maximum atomic E-state index is 12.4. The molecule has 1 saturated heterocycles. The summed E-state index contributed by atoms with van der Waals surface area (Å²) in [6.07, 6.45) is 4.79. The Bertz CT molecular complexity index is 358. The lowest BCUT2D eigenvalue weighted by molar-refractivity contribution is 0.249. The Kier molecular flexibility index (Phi) is 6.23. The molecule has 0 aromatic rings. The van der Waals surface area contributed by atoms with E-state index in [0.717, 1.165) is 32.1 Å². The number of nitrogens with one attached hydrogen (secondary N) is 1. The minimum atomic E-state index is -3.37. The van der Waals surface area contributed by atoms with Crippen molar-refractivity contribution in [3.63, 3.8) is 0 Å². The van der Waals surface area contributed by atoms with Crippen molar-refractivity contribution < 1.29 is 8.42 Å². The summed E-state index contributed by atoms with van der Waals surface area (Å²) < 4.78 is 29.1. The molecule has 5 nitrogen and oxygen atoms in total. The van der Waals surface area contributed by atoms with Crippen molar-refractivity contribution in [3.05, 3.63) is 0 Å². The van der Waals surface area contributed by atoms with Crippen LogP contribution in [0.1, 0.15) is 52.9 Å². The molecule has 1 atom stereocenters. The smallest absolute Gasteiger partial charge is 0.279 e. The van der Waals surface area contributed by atoms with E-state index >= 15 is 0 Å². The second kappa shape index (κ2) is 7.02. The first-order valence-electron chi connectivity index (χ1n) is 7.37. The van der Waals surface area contributed by atoms with Crippen LogP contribution >= 0.6 is 0 Å². The molecule has 0 spiro atoms. The van der Waals surface area contributed by atoms with Gasteiger partial charge in [0, 0.05) is 19.1 Å². The van der Waals surface area contributed by atoms with Gasteiger partial charge in [-0.25, -0.2) is 4.72 Å². The number of nitrogens with two attached hydrogens (primary N) is 1. The Morgan fingerprint density at radius 1 is 1.32 bits per heavy atom. The zero-order valence-corrected chi connectivity index (χ0v) is 13.3. The van der Waals surface area contributed by atoms with Crippen molar-refractivity contribution in [3.8, 4) is 0 Å². The maximum Gasteiger partial charge on any atom is 0.279 e. The summed E-state index contributed by atoms with van der Waals surface area (Å²) in [4.78, 5) is 0. The molecular formula is C13H29N3O2S. The normalized spacial score (nSPS) is 22.6. The van der Waals surface area contributed by atoms with Gasteiger partial charge in [-0.05, 0) is 44.6 Å². The molecule has 0 radical (unpaired) electrons. The summed E-state index contributed by atoms with van der Waals surface area (Å²) in [6, 6.07) is 0.0989. The summed E-state index contributed by atoms with van der Waals surface area (Å²) in [7, 11) is -3.37. The van der Waals surface area contributed by atoms with E-state index < -0.39 is 10.2 Å². The van der Waals surface area contributed by atoms with E-state index in [1.165, 1.54) is 0 Å². The van der Waals surface area contributed by atoms with Gasteiger partial charge in [0.25, 0.3) is 10.2 Å². The molecule has 1 rings (SSSR count). The van der Waals surface area contributed by atoms with Gasteiger partial charge in [0.1, 0.15) is 0 Å². The van der Waals surface area contributed by atoms with Gasteiger partial charge in [0.2, 0.25) is 0 Å². The Morgan fingerprint density at radius 2 is 1.95 bits per heavy atom. The summed E-state index contributed by atoms with van der Waals surface area (Å²) in [5, 5.41) is 0. The van der Waals surface area contributed by atoms with E-state index in [4.69, 9.17) is 5.73 Å². The van der Waals surface area contributed by atoms with Crippen LogP contribution in [-0.2, 0) is 10.2 Å². The van der Waals surface area contributed by atoms with E-state index in [2.05, 4.69) is 18.6 Å². The Labute approximate surface area is 118 Å². The lowest BCUT2D eigenvalue weighted by Crippen LogP contribution is -2.51. The Morgan fingerprint density at radius 3 is 2.42 bits per heavy atom. The summed E-state index contributed by atoms with van der Waals surface area (Å²) in [6.45, 7) is 7.68. The molecule has 19 heavy (non-hydrogen) atoms. The molecule has 3 N–H and O–H groups in total. The maximum absolute atomic E-state index is 12.4. The van der Waals surface area contributed by atoms with Crippen molar-refractivity contribution in [1.29, 1.82) is 0 Å². The molecule has 1 aliphatic rings. The summed E-state index contributed by atoms with van der Waals surface area (Å²) >= 11 is 0. The van der Waals surface area contributed by atoms with Gasteiger partial charge in [0.05, 0.1) is 0 Å². The third-order valence-corrected chi connectivity index (χ3v) is 6.28. The van der Waals surface area contributed by atoms with Gasteiger partial charge in [-0.1, -0.05) is 20.3 Å². The van der Waals surface area contributed by atoms with E-state index in [9.17, 15) is 8.42 Å². The molecule has 0 aromatic heterocycles. The van der Waals surface area contributed by atoms with E-state index in [-0.39, 0.29) is 11.5 Å². The molecule has 0 saturated carbocycles. The van der Waals surface area contributed by atoms with Crippen LogP contribution in [0.3, 0.4) is 0 Å². The molecule has 0 bridgehead atoms. The molecule has 6 heteroatoms. The highest BCUT2D eigenvalue weighted by atomic mass is 32.2. The third kappa shape index (κ3) is 4.15. The molecule has 114 valence electrons. The van der Waals surface area contributed by atoms with Gasteiger partial charge in [-0.2, -0.15) is 12.7 Å². The molecule has 0 aromatic carbocycles. The zero-order valence-electron chi connectivity index (χ0n) is 12.5. The van der Waals surface area contributed by atoms with Crippen LogP contribution in [0.2, 0.25) is 0 Å². The molecular weight excluding hydrogens is 262 g/mol. The van der Waals surface area contributed by atoms with Gasteiger partial charge in [-0.15, -0.1) is 0 Å². The monoisotopic (exact) mass is 291 g/mol. The largest absolute Gasteiger partial charge is 0.330 e. The van der Waals surface area contributed by atoms with Crippen molar-refractivity contribution in [2.75, 3.05) is 19.6 Å². The zero-order chi connectivity index (χ0) is 14.5. The van der Waals surface area contributed by atoms with Crippen LogP contribution in [-0.4, -0.2) is 38.4 Å². The first-order chi connectivity index (χ1) is 8.90. The van der Waals surface area contributed by atoms with Gasteiger partial charge < -0.3 is 5.73 Å². The third-order valence-electron chi connectivity index (χ3n) is 4.61. The van der Waals surface area contributed by atoms with Gasteiger partial charge in [-0.3, -0.25) is 0 Å². The minimum absolute atomic E-state index is 0.0989. The Balaban J connectivity index is 2.69. The highest BCUT2D eigenvalue weighted by Gasteiger charge is 2.32. The topological polar surface area (TPSA) is 75.4 Å². The second-order valence-corrected chi connectivity index (χ2v) is 7.40. The lowest BCUT2D eigenvalue weighted by Gasteiger charge is -2.35. The molecule has 1 fully saturated rings. The first-order valence-corrected chi connectivity index (χ1v) is 8.81. The van der Waals surface area contributed by atoms with E-state index in [1.807, 2.05) is 6.92 Å². The Hall–Kier alpha value is -0.170. The van der Waals surface area contributed by atoms with Crippen LogP contribution in [0.5, 0.6) is 0 Å². The van der Waals surface area contributed by atoms with Crippen molar-refractivity contribution in [1.82, 2.24) is 9.03 Å². The predicted molar refractivity (Wildman–Crippen MR) is 79.0 cm³/mol. The quantitative estimate of drug-likeness (QED) is 0.745. The molecule has 0 aliphatic carbocycles. The van der Waals surface area contributed by atoms with E-state index in [0.29, 0.717) is 19.6 Å². The second-order valence-electron chi connectivity index (χ2n) is 5.69. The molecule has 1 heterocycles. The SMILES string of the molecule is CCC(CC)(CN)CNS(=O)(=O)N1CCCCC1C. The molecule has 1 aliphatic heterocycles. The van der Waals surface area contributed by atoms with Gasteiger partial charge in [0.15, 0.2) is 0 Å². The van der Waals surface area contributed by atoms with Crippen LogP contribution in [0, 0.1) is 5.41 Å². The average molecular weight is 291 g/mol. The predicted octanol–water partition coefficient (Wildman–Crippen LogP) is 1.46. The van der Waals surface area contributed by atoms with Gasteiger partial charge >= 0.3 is 0 Å². The molecule has 1 unspecified atom stereocenters. The number of rotatable bonds is 7. The number of nitrogens with zero attached hydrogens (tertiary/aromatic N) is 1. The van der Waals surface area contributed by atoms with Crippen molar-refractivity contribution in [2.24, 2.45) is 11.1 Å². The first kappa shape index (κ1) is 16.9. The van der Waals surface area contributed by atoms with Crippen LogP contribution in [0.4, 0.5) is 0 Å². The van der Waals surface area contributed by atoms with Crippen molar-refractivity contribution in [2.45, 2.75) is 58.9 Å². The van der Waals surface area contributed by atoms with Crippen LogP contribution < -0.4 is 10.5 Å².